The van der Waals surface area contributed by atoms with E-state index in [1.165, 1.54) is 16.2 Å². The van der Waals surface area contributed by atoms with Gasteiger partial charge in [0.05, 0.1) is 4.88 Å². The van der Waals surface area contributed by atoms with Crippen molar-refractivity contribution in [3.05, 3.63) is 21.4 Å². The van der Waals surface area contributed by atoms with Gasteiger partial charge in [0.25, 0.3) is 5.91 Å². The second kappa shape index (κ2) is 4.97. The van der Waals surface area contributed by atoms with Gasteiger partial charge in [-0.2, -0.15) is 0 Å². The molecule has 0 aliphatic carbocycles. The lowest BCUT2D eigenvalue weighted by Gasteiger charge is -2.21. The van der Waals surface area contributed by atoms with E-state index in [4.69, 9.17) is 5.11 Å². The second-order valence-electron chi connectivity index (χ2n) is 4.85. The molecular formula is C12H19NO2S. The number of nitrogens with one attached hydrogen (secondary N) is 1. The number of aryl methyl sites for hydroxylation is 2. The Morgan fingerprint density at radius 3 is 2.56 bits per heavy atom. The maximum Gasteiger partial charge on any atom is 0.261 e. The maximum absolute atomic E-state index is 11.8. The Morgan fingerprint density at radius 1 is 1.50 bits per heavy atom. The van der Waals surface area contributed by atoms with Gasteiger partial charge in [-0.3, -0.25) is 4.79 Å². The number of aliphatic hydroxyl groups is 1. The van der Waals surface area contributed by atoms with E-state index < -0.39 is 0 Å². The summed E-state index contributed by atoms with van der Waals surface area (Å²) < 4.78 is 0. The highest BCUT2D eigenvalue weighted by Gasteiger charge is 2.18. The van der Waals surface area contributed by atoms with Crippen molar-refractivity contribution in [2.45, 2.75) is 27.7 Å². The summed E-state index contributed by atoms with van der Waals surface area (Å²) in [5, 5.41) is 11.9. The number of aliphatic hydroxyl groups excluding tert-OH is 1. The zero-order valence-electron chi connectivity index (χ0n) is 10.3. The fourth-order valence-electron chi connectivity index (χ4n) is 1.15. The first kappa shape index (κ1) is 13.2. The van der Waals surface area contributed by atoms with Crippen molar-refractivity contribution >= 4 is 17.2 Å². The van der Waals surface area contributed by atoms with Crippen LogP contribution in [0.25, 0.3) is 0 Å². The highest BCUT2D eigenvalue weighted by atomic mass is 32.1. The Hall–Kier alpha value is -0.870. The molecule has 0 aliphatic heterocycles. The third-order valence-electron chi connectivity index (χ3n) is 2.55. The van der Waals surface area contributed by atoms with Crippen molar-refractivity contribution in [3.8, 4) is 0 Å². The number of carbonyl (C=O) groups is 1. The predicted octanol–water partition coefficient (Wildman–Crippen LogP) is 2.11. The summed E-state index contributed by atoms with van der Waals surface area (Å²) in [6.07, 6.45) is 0. The molecular weight excluding hydrogens is 222 g/mol. The molecule has 90 valence electrons. The number of thiophene rings is 1. The molecule has 0 saturated carbocycles. The molecule has 16 heavy (non-hydrogen) atoms. The molecule has 0 atom stereocenters. The van der Waals surface area contributed by atoms with E-state index in [9.17, 15) is 4.79 Å². The summed E-state index contributed by atoms with van der Waals surface area (Å²) in [7, 11) is 0. The van der Waals surface area contributed by atoms with Gasteiger partial charge >= 0.3 is 0 Å². The van der Waals surface area contributed by atoms with E-state index in [2.05, 4.69) is 5.32 Å². The lowest BCUT2D eigenvalue weighted by atomic mass is 9.95. The van der Waals surface area contributed by atoms with Crippen molar-refractivity contribution in [2.75, 3.05) is 13.2 Å². The van der Waals surface area contributed by atoms with Crippen LogP contribution in [0.4, 0.5) is 0 Å². The van der Waals surface area contributed by atoms with Gasteiger partial charge in [-0.25, -0.2) is 0 Å². The first-order valence-electron chi connectivity index (χ1n) is 5.32. The molecule has 0 aromatic carbocycles. The van der Waals surface area contributed by atoms with Crippen molar-refractivity contribution in [2.24, 2.45) is 5.41 Å². The minimum Gasteiger partial charge on any atom is -0.396 e. The molecule has 1 rings (SSSR count). The van der Waals surface area contributed by atoms with E-state index in [0.29, 0.717) is 6.54 Å². The van der Waals surface area contributed by atoms with Crippen LogP contribution >= 0.6 is 11.3 Å². The van der Waals surface area contributed by atoms with Gasteiger partial charge < -0.3 is 10.4 Å². The van der Waals surface area contributed by atoms with Gasteiger partial charge in [-0.05, 0) is 25.5 Å². The third-order valence-corrected chi connectivity index (χ3v) is 3.70. The molecule has 1 aromatic rings. The van der Waals surface area contributed by atoms with Crippen LogP contribution in [-0.2, 0) is 0 Å². The van der Waals surface area contributed by atoms with Crippen LogP contribution in [0.5, 0.6) is 0 Å². The molecule has 1 amide bonds. The first-order valence-corrected chi connectivity index (χ1v) is 6.13. The van der Waals surface area contributed by atoms with Crippen LogP contribution in [-0.4, -0.2) is 24.2 Å². The average molecular weight is 241 g/mol. The molecule has 1 heterocycles. The third kappa shape index (κ3) is 3.32. The number of carbonyl (C=O) groups excluding carboxylic acids is 1. The quantitative estimate of drug-likeness (QED) is 0.848. The Labute approximate surface area is 100 Å². The van der Waals surface area contributed by atoms with E-state index in [-0.39, 0.29) is 17.9 Å². The zero-order chi connectivity index (χ0) is 12.3. The molecule has 0 fully saturated rings. The minimum absolute atomic E-state index is 0.0530. The van der Waals surface area contributed by atoms with Crippen LogP contribution in [0.3, 0.4) is 0 Å². The lowest BCUT2D eigenvalue weighted by Crippen LogP contribution is -2.35. The van der Waals surface area contributed by atoms with Gasteiger partial charge in [-0.1, -0.05) is 13.8 Å². The molecule has 0 spiro atoms. The molecule has 2 N–H and O–H groups in total. The summed E-state index contributed by atoms with van der Waals surface area (Å²) in [4.78, 5) is 13.7. The largest absolute Gasteiger partial charge is 0.396 e. The Bertz CT molecular complexity index is 363. The normalized spacial score (nSPS) is 11.6. The van der Waals surface area contributed by atoms with Gasteiger partial charge in [0.1, 0.15) is 0 Å². The van der Waals surface area contributed by atoms with Gasteiger partial charge in [0.15, 0.2) is 0 Å². The van der Waals surface area contributed by atoms with Crippen LogP contribution in [0.15, 0.2) is 6.07 Å². The van der Waals surface area contributed by atoms with Gasteiger partial charge in [-0.15, -0.1) is 11.3 Å². The summed E-state index contributed by atoms with van der Waals surface area (Å²) in [6, 6.07) is 1.90. The predicted molar refractivity (Wildman–Crippen MR) is 67.0 cm³/mol. The fourth-order valence-corrected chi connectivity index (χ4v) is 2.10. The van der Waals surface area contributed by atoms with Crippen LogP contribution in [0, 0.1) is 19.3 Å². The van der Waals surface area contributed by atoms with E-state index >= 15 is 0 Å². The van der Waals surface area contributed by atoms with Crippen molar-refractivity contribution in [3.63, 3.8) is 0 Å². The highest BCUT2D eigenvalue weighted by Crippen LogP contribution is 2.20. The maximum atomic E-state index is 11.8. The monoisotopic (exact) mass is 241 g/mol. The molecule has 0 radical (unpaired) electrons. The lowest BCUT2D eigenvalue weighted by molar-refractivity contribution is 0.0915. The van der Waals surface area contributed by atoms with Crippen LogP contribution in [0.1, 0.15) is 34.0 Å². The number of amides is 1. The highest BCUT2D eigenvalue weighted by molar-refractivity contribution is 7.14. The number of rotatable bonds is 4. The fraction of sp³-hybridized carbons (Fsp3) is 0.583. The second-order valence-corrected chi connectivity index (χ2v) is 6.11. The SMILES string of the molecule is Cc1cc(C(=O)NCC(C)(C)CO)sc1C. The topological polar surface area (TPSA) is 49.3 Å². The standard InChI is InChI=1S/C12H19NO2S/c1-8-5-10(16-9(8)2)11(15)13-6-12(3,4)7-14/h5,14H,6-7H2,1-4H3,(H,13,15). The zero-order valence-corrected chi connectivity index (χ0v) is 11.1. The van der Waals surface area contributed by atoms with Crippen molar-refractivity contribution in [1.29, 1.82) is 0 Å². The smallest absolute Gasteiger partial charge is 0.261 e. The van der Waals surface area contributed by atoms with Crippen molar-refractivity contribution in [1.82, 2.24) is 5.32 Å². The minimum atomic E-state index is -0.267. The summed E-state index contributed by atoms with van der Waals surface area (Å²) in [5.41, 5.74) is 0.883. The van der Waals surface area contributed by atoms with E-state index in [1.54, 1.807) is 0 Å². The molecule has 3 nitrogen and oxygen atoms in total. The summed E-state index contributed by atoms with van der Waals surface area (Å²) >= 11 is 1.51. The number of hydrogen-bond donors (Lipinski definition) is 2. The molecule has 0 unspecified atom stereocenters. The molecule has 0 saturated heterocycles. The van der Waals surface area contributed by atoms with Crippen molar-refractivity contribution < 1.29 is 9.90 Å². The summed E-state index contributed by atoms with van der Waals surface area (Å²) in [5.74, 6) is -0.0530. The van der Waals surface area contributed by atoms with Crippen LogP contribution in [0.2, 0.25) is 0 Å². The first-order chi connectivity index (χ1) is 7.35. The number of hydrogen-bond acceptors (Lipinski definition) is 3. The Balaban J connectivity index is 2.60. The Morgan fingerprint density at radius 2 is 2.12 bits per heavy atom. The molecule has 0 bridgehead atoms. The van der Waals surface area contributed by atoms with Crippen LogP contribution < -0.4 is 5.32 Å². The summed E-state index contributed by atoms with van der Waals surface area (Å²) in [6.45, 7) is 8.39. The van der Waals surface area contributed by atoms with Gasteiger partial charge in [0.2, 0.25) is 0 Å². The Kier molecular flexibility index (Phi) is 4.10. The van der Waals surface area contributed by atoms with E-state index in [1.807, 2.05) is 33.8 Å². The average Bonchev–Trinajstić information content (AvgIpc) is 2.56. The molecule has 0 aliphatic rings. The molecule has 4 heteroatoms. The van der Waals surface area contributed by atoms with Gasteiger partial charge in [0, 0.05) is 23.4 Å². The van der Waals surface area contributed by atoms with E-state index in [0.717, 1.165) is 10.4 Å². The molecule has 1 aromatic heterocycles.